The van der Waals surface area contributed by atoms with E-state index in [1.165, 1.54) is 6.07 Å². The minimum absolute atomic E-state index is 0.0538. The largest absolute Gasteiger partial charge is 0.492 e. The summed E-state index contributed by atoms with van der Waals surface area (Å²) in [5.74, 6) is 0.323. The van der Waals surface area contributed by atoms with Gasteiger partial charge in [-0.25, -0.2) is 13.1 Å². The molecule has 1 N–H and O–H groups in total. The highest BCUT2D eigenvalue weighted by Crippen LogP contribution is 2.30. The highest BCUT2D eigenvalue weighted by molar-refractivity contribution is 7.89. The number of sulfonamides is 1. The predicted molar refractivity (Wildman–Crippen MR) is 94.9 cm³/mol. The minimum Gasteiger partial charge on any atom is -0.492 e. The molecule has 1 heterocycles. The number of nitrogens with zero attached hydrogens (tertiary/aromatic N) is 1. The van der Waals surface area contributed by atoms with Crippen molar-refractivity contribution < 1.29 is 13.2 Å². The third kappa shape index (κ3) is 4.93. The third-order valence-corrected chi connectivity index (χ3v) is 5.29. The average molecular weight is 369 g/mol. The van der Waals surface area contributed by atoms with Gasteiger partial charge in [-0.3, -0.25) is 4.98 Å². The highest BCUT2D eigenvalue weighted by atomic mass is 35.5. The summed E-state index contributed by atoms with van der Waals surface area (Å²) in [6.45, 7) is 4.47. The number of ether oxygens (including phenoxy) is 1. The topological polar surface area (TPSA) is 68.3 Å². The summed E-state index contributed by atoms with van der Waals surface area (Å²) >= 11 is 6.11. The van der Waals surface area contributed by atoms with E-state index < -0.39 is 10.0 Å². The molecule has 0 bridgehead atoms. The first-order chi connectivity index (χ1) is 11.4. The zero-order chi connectivity index (χ0) is 17.6. The van der Waals surface area contributed by atoms with E-state index in [0.29, 0.717) is 17.4 Å². The molecule has 2 rings (SSSR count). The van der Waals surface area contributed by atoms with Crippen LogP contribution in [0.25, 0.3) is 0 Å². The summed E-state index contributed by atoms with van der Waals surface area (Å²) in [7, 11) is -3.75. The van der Waals surface area contributed by atoms with E-state index in [1.54, 1.807) is 30.6 Å². The molecular weight excluding hydrogens is 348 g/mol. The lowest BCUT2D eigenvalue weighted by atomic mass is 10.2. The SMILES string of the molecule is CCCCOc1cc(C)c(Cl)cc1S(=O)(=O)NCc1cccnc1. The monoisotopic (exact) mass is 368 g/mol. The van der Waals surface area contributed by atoms with Crippen LogP contribution in [0.2, 0.25) is 5.02 Å². The molecule has 0 fully saturated rings. The molecule has 0 unspecified atom stereocenters. The van der Waals surface area contributed by atoms with Crippen molar-refractivity contribution in [1.82, 2.24) is 9.71 Å². The lowest BCUT2D eigenvalue weighted by Gasteiger charge is -2.14. The molecule has 0 aliphatic carbocycles. The zero-order valence-electron chi connectivity index (χ0n) is 13.8. The average Bonchev–Trinajstić information content (AvgIpc) is 2.57. The Morgan fingerprint density at radius 1 is 1.33 bits per heavy atom. The number of nitrogens with one attached hydrogen (secondary N) is 1. The minimum atomic E-state index is -3.75. The number of halogens is 1. The first-order valence-corrected chi connectivity index (χ1v) is 9.61. The lowest BCUT2D eigenvalue weighted by Crippen LogP contribution is -2.24. The standard InChI is InChI=1S/C17H21ClN2O3S/c1-3-4-8-23-16-9-13(2)15(18)10-17(16)24(21,22)20-12-14-6-5-7-19-11-14/h5-7,9-11,20H,3-4,8,12H2,1-2H3. The molecular formula is C17H21ClN2O3S. The van der Waals surface area contributed by atoms with Crippen molar-refractivity contribution in [2.24, 2.45) is 0 Å². The molecule has 130 valence electrons. The molecule has 2 aromatic rings. The molecule has 5 nitrogen and oxygen atoms in total. The van der Waals surface area contributed by atoms with Crippen LogP contribution >= 0.6 is 11.6 Å². The van der Waals surface area contributed by atoms with Crippen molar-refractivity contribution in [3.63, 3.8) is 0 Å². The Labute approximate surface area is 148 Å². The van der Waals surface area contributed by atoms with Crippen LogP contribution in [0.15, 0.2) is 41.6 Å². The Balaban J connectivity index is 2.25. The summed E-state index contributed by atoms with van der Waals surface area (Å²) in [6, 6.07) is 6.66. The molecule has 0 spiro atoms. The van der Waals surface area contributed by atoms with Gasteiger partial charge in [0.25, 0.3) is 0 Å². The second-order valence-electron chi connectivity index (χ2n) is 5.44. The number of aromatic nitrogens is 1. The molecule has 0 saturated carbocycles. The summed E-state index contributed by atoms with van der Waals surface area (Å²) < 4.78 is 33.5. The van der Waals surface area contributed by atoms with Crippen LogP contribution < -0.4 is 9.46 Å². The summed E-state index contributed by atoms with van der Waals surface area (Å²) in [5, 5.41) is 0.389. The predicted octanol–water partition coefficient (Wildman–Crippen LogP) is 3.70. The summed E-state index contributed by atoms with van der Waals surface area (Å²) in [5.41, 5.74) is 1.54. The summed E-state index contributed by atoms with van der Waals surface area (Å²) in [4.78, 5) is 4.02. The Bertz CT molecular complexity index is 780. The number of unbranched alkanes of at least 4 members (excludes halogenated alkanes) is 1. The van der Waals surface area contributed by atoms with E-state index in [4.69, 9.17) is 16.3 Å². The zero-order valence-corrected chi connectivity index (χ0v) is 15.3. The second-order valence-corrected chi connectivity index (χ2v) is 7.58. The van der Waals surface area contributed by atoms with E-state index in [9.17, 15) is 8.42 Å². The molecule has 0 saturated heterocycles. The molecule has 0 aliphatic rings. The summed E-state index contributed by atoms with van der Waals surface area (Å²) in [6.07, 6.45) is 5.07. The van der Waals surface area contributed by atoms with Gasteiger partial charge >= 0.3 is 0 Å². The van der Waals surface area contributed by atoms with Gasteiger partial charge in [0.15, 0.2) is 0 Å². The maximum absolute atomic E-state index is 12.7. The van der Waals surface area contributed by atoms with E-state index >= 15 is 0 Å². The van der Waals surface area contributed by atoms with Gasteiger partial charge in [0.05, 0.1) is 6.61 Å². The second kappa shape index (κ2) is 8.46. The van der Waals surface area contributed by atoms with E-state index in [2.05, 4.69) is 9.71 Å². The molecule has 1 aromatic carbocycles. The van der Waals surface area contributed by atoms with Crippen molar-refractivity contribution in [1.29, 1.82) is 0 Å². The number of pyridine rings is 1. The normalized spacial score (nSPS) is 11.5. The molecule has 0 radical (unpaired) electrons. The first-order valence-electron chi connectivity index (χ1n) is 7.75. The number of hydrogen-bond acceptors (Lipinski definition) is 4. The van der Waals surface area contributed by atoms with E-state index in [0.717, 1.165) is 24.0 Å². The fourth-order valence-electron chi connectivity index (χ4n) is 2.04. The Hall–Kier alpha value is -1.63. The molecule has 7 heteroatoms. The number of aryl methyl sites for hydroxylation is 1. The van der Waals surface area contributed by atoms with Crippen LogP contribution in [0.3, 0.4) is 0 Å². The van der Waals surface area contributed by atoms with Gasteiger partial charge in [-0.05, 0) is 42.7 Å². The molecule has 24 heavy (non-hydrogen) atoms. The maximum atomic E-state index is 12.7. The number of hydrogen-bond donors (Lipinski definition) is 1. The van der Waals surface area contributed by atoms with Crippen LogP contribution in [0.4, 0.5) is 0 Å². The fraction of sp³-hybridized carbons (Fsp3) is 0.353. The quantitative estimate of drug-likeness (QED) is 0.721. The number of rotatable bonds is 8. The van der Waals surface area contributed by atoms with E-state index in [1.807, 2.05) is 13.8 Å². The molecule has 0 atom stereocenters. The van der Waals surface area contributed by atoms with Gasteiger partial charge in [-0.1, -0.05) is 31.0 Å². The van der Waals surface area contributed by atoms with Crippen LogP contribution in [-0.2, 0) is 16.6 Å². The van der Waals surface area contributed by atoms with Crippen molar-refractivity contribution >= 4 is 21.6 Å². The van der Waals surface area contributed by atoms with E-state index in [-0.39, 0.29) is 11.4 Å². The lowest BCUT2D eigenvalue weighted by molar-refractivity contribution is 0.301. The van der Waals surface area contributed by atoms with Gasteiger partial charge < -0.3 is 4.74 Å². The van der Waals surface area contributed by atoms with Crippen molar-refractivity contribution in [3.8, 4) is 5.75 Å². The fourth-order valence-corrected chi connectivity index (χ4v) is 3.44. The third-order valence-electron chi connectivity index (χ3n) is 3.46. The van der Waals surface area contributed by atoms with Crippen molar-refractivity contribution in [2.75, 3.05) is 6.61 Å². The van der Waals surface area contributed by atoms with Gasteiger partial charge in [0.2, 0.25) is 10.0 Å². The van der Waals surface area contributed by atoms with Crippen LogP contribution in [-0.4, -0.2) is 20.0 Å². The maximum Gasteiger partial charge on any atom is 0.244 e. The smallest absolute Gasteiger partial charge is 0.244 e. The Morgan fingerprint density at radius 2 is 2.12 bits per heavy atom. The van der Waals surface area contributed by atoms with Gasteiger partial charge in [-0.2, -0.15) is 0 Å². The van der Waals surface area contributed by atoms with Crippen LogP contribution in [0.5, 0.6) is 5.75 Å². The number of benzene rings is 1. The first kappa shape index (κ1) is 18.7. The van der Waals surface area contributed by atoms with Crippen molar-refractivity contribution in [3.05, 3.63) is 52.8 Å². The molecule has 0 amide bonds. The van der Waals surface area contributed by atoms with Crippen LogP contribution in [0.1, 0.15) is 30.9 Å². The highest BCUT2D eigenvalue weighted by Gasteiger charge is 2.21. The van der Waals surface area contributed by atoms with Gasteiger partial charge in [-0.15, -0.1) is 0 Å². The van der Waals surface area contributed by atoms with Crippen LogP contribution in [0, 0.1) is 6.92 Å². The Morgan fingerprint density at radius 3 is 2.79 bits per heavy atom. The molecule has 1 aromatic heterocycles. The van der Waals surface area contributed by atoms with Gasteiger partial charge in [0, 0.05) is 24.0 Å². The molecule has 0 aliphatic heterocycles. The Kier molecular flexibility index (Phi) is 6.60. The van der Waals surface area contributed by atoms with Crippen molar-refractivity contribution in [2.45, 2.75) is 38.1 Å². The van der Waals surface area contributed by atoms with Gasteiger partial charge in [0.1, 0.15) is 10.6 Å².